The monoisotopic (exact) mass is 235 g/mol. The number of nitrogens with one attached hydrogen (secondary N) is 1. The first-order chi connectivity index (χ1) is 7.75. The average Bonchev–Trinajstić information content (AvgIpc) is 2.32. The van der Waals surface area contributed by atoms with Gasteiger partial charge in [0.2, 0.25) is 0 Å². The number of thioether (sulfide) groups is 1. The molecule has 1 saturated heterocycles. The van der Waals surface area contributed by atoms with Crippen LogP contribution in [0.4, 0.5) is 0 Å². The van der Waals surface area contributed by atoms with Crippen molar-refractivity contribution in [1.82, 2.24) is 5.32 Å². The Kier molecular flexibility index (Phi) is 4.30. The lowest BCUT2D eigenvalue weighted by Gasteiger charge is -2.23. The second kappa shape index (κ2) is 5.74. The van der Waals surface area contributed by atoms with Gasteiger partial charge in [0, 0.05) is 12.6 Å². The highest BCUT2D eigenvalue weighted by atomic mass is 32.2. The zero-order valence-corrected chi connectivity index (χ0v) is 11.1. The third-order valence-corrected chi connectivity index (χ3v) is 4.36. The van der Waals surface area contributed by atoms with E-state index in [2.05, 4.69) is 49.1 Å². The van der Waals surface area contributed by atoms with Crippen molar-refractivity contribution < 1.29 is 0 Å². The molecule has 1 aliphatic heterocycles. The maximum Gasteiger partial charge on any atom is 0.0210 e. The first kappa shape index (κ1) is 12.0. The number of rotatable bonds is 3. The van der Waals surface area contributed by atoms with Crippen molar-refractivity contribution >= 4 is 11.8 Å². The molecule has 0 bridgehead atoms. The summed E-state index contributed by atoms with van der Waals surface area (Å²) in [6.45, 7) is 5.40. The molecule has 0 amide bonds. The van der Waals surface area contributed by atoms with Gasteiger partial charge in [-0.3, -0.25) is 0 Å². The molecule has 0 spiro atoms. The first-order valence-corrected chi connectivity index (χ1v) is 7.28. The highest BCUT2D eigenvalue weighted by Gasteiger charge is 2.12. The Morgan fingerprint density at radius 3 is 2.75 bits per heavy atom. The zero-order valence-electron chi connectivity index (χ0n) is 10.3. The summed E-state index contributed by atoms with van der Waals surface area (Å²) >= 11 is 2.09. The molecule has 88 valence electrons. The normalized spacial score (nSPS) is 17.6. The summed E-state index contributed by atoms with van der Waals surface area (Å²) in [4.78, 5) is 0. The lowest BCUT2D eigenvalue weighted by molar-refractivity contribution is 0.481. The minimum absolute atomic E-state index is 0.737. The van der Waals surface area contributed by atoms with E-state index in [1.165, 1.54) is 41.0 Å². The molecule has 0 unspecified atom stereocenters. The van der Waals surface area contributed by atoms with Gasteiger partial charge in [0.05, 0.1) is 0 Å². The molecule has 1 N–H and O–H groups in total. The molecule has 16 heavy (non-hydrogen) atoms. The summed E-state index contributed by atoms with van der Waals surface area (Å²) in [7, 11) is 0. The Bertz CT molecular complexity index is 343. The molecule has 0 aromatic heterocycles. The van der Waals surface area contributed by atoms with E-state index in [-0.39, 0.29) is 0 Å². The fourth-order valence-corrected chi connectivity index (χ4v) is 3.25. The minimum atomic E-state index is 0.737. The van der Waals surface area contributed by atoms with Crippen LogP contribution in [0.15, 0.2) is 18.2 Å². The van der Waals surface area contributed by atoms with Crippen LogP contribution in [-0.4, -0.2) is 17.5 Å². The quantitative estimate of drug-likeness (QED) is 0.863. The maximum atomic E-state index is 3.69. The fourth-order valence-electron chi connectivity index (χ4n) is 2.15. The van der Waals surface area contributed by atoms with Crippen LogP contribution in [0.25, 0.3) is 0 Å². The Morgan fingerprint density at radius 1 is 1.25 bits per heavy atom. The predicted octanol–water partition coefficient (Wildman–Crippen LogP) is 3.29. The van der Waals surface area contributed by atoms with Crippen molar-refractivity contribution in [3.63, 3.8) is 0 Å². The SMILES string of the molecule is Cc1ccc(C)c(CNC2CCSCC2)c1. The molecule has 0 atom stereocenters. The Balaban J connectivity index is 1.90. The van der Waals surface area contributed by atoms with Gasteiger partial charge < -0.3 is 5.32 Å². The largest absolute Gasteiger partial charge is 0.310 e. The standard InChI is InChI=1S/C14H21NS/c1-11-3-4-12(2)13(9-11)10-15-14-5-7-16-8-6-14/h3-4,9,14-15H,5-8,10H2,1-2H3. The van der Waals surface area contributed by atoms with E-state index in [4.69, 9.17) is 0 Å². The van der Waals surface area contributed by atoms with E-state index in [1.807, 2.05) is 0 Å². The number of aryl methyl sites for hydroxylation is 2. The van der Waals surface area contributed by atoms with E-state index < -0.39 is 0 Å². The molecule has 1 heterocycles. The third kappa shape index (κ3) is 3.26. The van der Waals surface area contributed by atoms with Crippen LogP contribution in [0, 0.1) is 13.8 Å². The summed E-state index contributed by atoms with van der Waals surface area (Å²) in [5.41, 5.74) is 4.23. The summed E-state index contributed by atoms with van der Waals surface area (Å²) in [6.07, 6.45) is 2.66. The molecule has 0 radical (unpaired) electrons. The smallest absolute Gasteiger partial charge is 0.0210 e. The van der Waals surface area contributed by atoms with Gasteiger partial charge in [-0.1, -0.05) is 23.8 Å². The van der Waals surface area contributed by atoms with E-state index in [0.29, 0.717) is 0 Å². The summed E-state index contributed by atoms with van der Waals surface area (Å²) in [6, 6.07) is 7.46. The topological polar surface area (TPSA) is 12.0 Å². The molecule has 0 saturated carbocycles. The average molecular weight is 235 g/mol. The molecule has 2 rings (SSSR count). The van der Waals surface area contributed by atoms with Crippen molar-refractivity contribution in [3.8, 4) is 0 Å². The number of hydrogen-bond acceptors (Lipinski definition) is 2. The van der Waals surface area contributed by atoms with E-state index in [0.717, 1.165) is 12.6 Å². The predicted molar refractivity (Wildman–Crippen MR) is 73.1 cm³/mol. The molecule has 1 aromatic rings. The Hall–Kier alpha value is -0.470. The van der Waals surface area contributed by atoms with Gasteiger partial charge in [-0.05, 0) is 49.3 Å². The van der Waals surface area contributed by atoms with Crippen molar-refractivity contribution in [2.45, 2.75) is 39.3 Å². The van der Waals surface area contributed by atoms with E-state index >= 15 is 0 Å². The lowest BCUT2D eigenvalue weighted by atomic mass is 10.0. The summed E-state index contributed by atoms with van der Waals surface area (Å²) in [5, 5.41) is 3.69. The van der Waals surface area contributed by atoms with Crippen molar-refractivity contribution in [2.75, 3.05) is 11.5 Å². The molecule has 1 aromatic carbocycles. The van der Waals surface area contributed by atoms with Gasteiger partial charge in [0.15, 0.2) is 0 Å². The first-order valence-electron chi connectivity index (χ1n) is 6.13. The van der Waals surface area contributed by atoms with Crippen LogP contribution in [-0.2, 0) is 6.54 Å². The number of hydrogen-bond donors (Lipinski definition) is 1. The fraction of sp³-hybridized carbons (Fsp3) is 0.571. The lowest BCUT2D eigenvalue weighted by Crippen LogP contribution is -2.32. The van der Waals surface area contributed by atoms with Crippen molar-refractivity contribution in [1.29, 1.82) is 0 Å². The van der Waals surface area contributed by atoms with Gasteiger partial charge in [-0.25, -0.2) is 0 Å². The second-order valence-electron chi connectivity index (χ2n) is 4.70. The highest BCUT2D eigenvalue weighted by molar-refractivity contribution is 7.99. The number of benzene rings is 1. The Morgan fingerprint density at radius 2 is 2.00 bits per heavy atom. The molecule has 0 aliphatic carbocycles. The van der Waals surface area contributed by atoms with Crippen molar-refractivity contribution in [2.24, 2.45) is 0 Å². The maximum absolute atomic E-state index is 3.69. The van der Waals surface area contributed by atoms with Crippen LogP contribution < -0.4 is 5.32 Å². The van der Waals surface area contributed by atoms with Crippen LogP contribution in [0.1, 0.15) is 29.5 Å². The molecular formula is C14H21NS. The van der Waals surface area contributed by atoms with Gasteiger partial charge in [0.1, 0.15) is 0 Å². The van der Waals surface area contributed by atoms with Crippen LogP contribution in [0.2, 0.25) is 0 Å². The zero-order chi connectivity index (χ0) is 11.4. The molecular weight excluding hydrogens is 214 g/mol. The van der Waals surface area contributed by atoms with E-state index in [9.17, 15) is 0 Å². The van der Waals surface area contributed by atoms with Gasteiger partial charge in [0.25, 0.3) is 0 Å². The van der Waals surface area contributed by atoms with Crippen molar-refractivity contribution in [3.05, 3.63) is 34.9 Å². The second-order valence-corrected chi connectivity index (χ2v) is 5.92. The van der Waals surface area contributed by atoms with Crippen LogP contribution in [0.5, 0.6) is 0 Å². The van der Waals surface area contributed by atoms with Gasteiger partial charge in [-0.15, -0.1) is 0 Å². The highest BCUT2D eigenvalue weighted by Crippen LogP contribution is 2.18. The van der Waals surface area contributed by atoms with Crippen LogP contribution in [0.3, 0.4) is 0 Å². The van der Waals surface area contributed by atoms with Gasteiger partial charge >= 0.3 is 0 Å². The third-order valence-electron chi connectivity index (χ3n) is 3.31. The van der Waals surface area contributed by atoms with Crippen LogP contribution >= 0.6 is 11.8 Å². The molecule has 1 nitrogen and oxygen atoms in total. The molecule has 2 heteroatoms. The Labute approximate surface area is 103 Å². The summed E-state index contributed by atoms with van der Waals surface area (Å²) < 4.78 is 0. The minimum Gasteiger partial charge on any atom is -0.310 e. The van der Waals surface area contributed by atoms with Gasteiger partial charge in [-0.2, -0.15) is 11.8 Å². The molecule has 1 fully saturated rings. The molecule has 1 aliphatic rings. The summed E-state index contributed by atoms with van der Waals surface area (Å²) in [5.74, 6) is 2.65. The van der Waals surface area contributed by atoms with E-state index in [1.54, 1.807) is 0 Å².